The summed E-state index contributed by atoms with van der Waals surface area (Å²) in [6.07, 6.45) is 0. The number of para-hydroxylation sites is 1. The van der Waals surface area contributed by atoms with Gasteiger partial charge in [0.25, 0.3) is 5.91 Å². The highest BCUT2D eigenvalue weighted by Gasteiger charge is 2.11. The molecular weight excluding hydrogens is 300 g/mol. The van der Waals surface area contributed by atoms with Gasteiger partial charge in [-0.25, -0.2) is 4.98 Å². The fourth-order valence-corrected chi connectivity index (χ4v) is 2.30. The average Bonchev–Trinajstić information content (AvgIpc) is 2.62. The number of nitrogens with one attached hydrogen (secondary N) is 2. The molecule has 2 aromatic carbocycles. The van der Waals surface area contributed by atoms with Crippen LogP contribution in [0.4, 0.5) is 17.3 Å². The number of hydrogen-bond donors (Lipinski definition) is 3. The van der Waals surface area contributed by atoms with Gasteiger partial charge in [-0.2, -0.15) is 0 Å². The lowest BCUT2D eigenvalue weighted by Gasteiger charge is -2.12. The van der Waals surface area contributed by atoms with Gasteiger partial charge in [0, 0.05) is 12.2 Å². The molecule has 4 N–H and O–H groups in total. The van der Waals surface area contributed by atoms with Crippen LogP contribution in [-0.2, 0) is 6.54 Å². The predicted molar refractivity (Wildman–Crippen MR) is 96.2 cm³/mol. The Balaban J connectivity index is 1.81. The van der Waals surface area contributed by atoms with Gasteiger partial charge >= 0.3 is 0 Å². The molecule has 0 unspecified atom stereocenters. The smallest absolute Gasteiger partial charge is 0.252 e. The second-order valence-corrected chi connectivity index (χ2v) is 5.29. The lowest BCUT2D eigenvalue weighted by Crippen LogP contribution is -2.15. The van der Waals surface area contributed by atoms with E-state index in [9.17, 15) is 4.79 Å². The topological polar surface area (TPSA) is 80.0 Å². The molecule has 24 heavy (non-hydrogen) atoms. The molecule has 0 aliphatic rings. The van der Waals surface area contributed by atoms with Crippen molar-refractivity contribution in [1.82, 2.24) is 4.98 Å². The number of pyridine rings is 1. The number of amides is 1. The molecule has 5 heteroatoms. The van der Waals surface area contributed by atoms with E-state index in [4.69, 9.17) is 5.73 Å². The zero-order chi connectivity index (χ0) is 16.8. The highest BCUT2D eigenvalue weighted by atomic mass is 16.1. The SMILES string of the molecule is NC(=O)c1ccc(NCc2ccccc2)nc1Nc1ccccc1. The molecule has 120 valence electrons. The number of rotatable bonds is 6. The summed E-state index contributed by atoms with van der Waals surface area (Å²) >= 11 is 0. The van der Waals surface area contributed by atoms with E-state index in [2.05, 4.69) is 15.6 Å². The van der Waals surface area contributed by atoms with Gasteiger partial charge in [0.15, 0.2) is 0 Å². The van der Waals surface area contributed by atoms with Crippen LogP contribution in [0, 0.1) is 0 Å². The second kappa shape index (κ2) is 7.28. The molecule has 3 aromatic rings. The minimum atomic E-state index is -0.518. The van der Waals surface area contributed by atoms with Crippen LogP contribution in [0.1, 0.15) is 15.9 Å². The molecule has 0 fully saturated rings. The van der Waals surface area contributed by atoms with Gasteiger partial charge < -0.3 is 16.4 Å². The van der Waals surface area contributed by atoms with Crippen molar-refractivity contribution in [1.29, 1.82) is 0 Å². The Morgan fingerprint density at radius 2 is 1.58 bits per heavy atom. The first-order chi connectivity index (χ1) is 11.7. The minimum Gasteiger partial charge on any atom is -0.366 e. The van der Waals surface area contributed by atoms with E-state index >= 15 is 0 Å². The summed E-state index contributed by atoms with van der Waals surface area (Å²) in [4.78, 5) is 16.1. The van der Waals surface area contributed by atoms with Crippen molar-refractivity contribution in [2.75, 3.05) is 10.6 Å². The Labute approximate surface area is 140 Å². The van der Waals surface area contributed by atoms with Crippen molar-refractivity contribution in [3.05, 3.63) is 83.9 Å². The Morgan fingerprint density at radius 3 is 2.25 bits per heavy atom. The van der Waals surface area contributed by atoms with Crippen LogP contribution < -0.4 is 16.4 Å². The van der Waals surface area contributed by atoms with Crippen molar-refractivity contribution in [3.8, 4) is 0 Å². The van der Waals surface area contributed by atoms with Gasteiger partial charge in [-0.15, -0.1) is 0 Å². The number of anilines is 3. The molecule has 3 rings (SSSR count). The number of hydrogen-bond acceptors (Lipinski definition) is 4. The third kappa shape index (κ3) is 3.89. The molecule has 0 atom stereocenters. The molecule has 0 aliphatic carbocycles. The van der Waals surface area contributed by atoms with Crippen molar-refractivity contribution >= 4 is 23.2 Å². The van der Waals surface area contributed by atoms with Gasteiger partial charge in [0.05, 0.1) is 5.56 Å². The van der Waals surface area contributed by atoms with E-state index in [-0.39, 0.29) is 0 Å². The summed E-state index contributed by atoms with van der Waals surface area (Å²) in [5.41, 5.74) is 7.78. The number of aromatic nitrogens is 1. The summed E-state index contributed by atoms with van der Waals surface area (Å²) in [5.74, 6) is 0.588. The lowest BCUT2D eigenvalue weighted by molar-refractivity contribution is 0.100. The van der Waals surface area contributed by atoms with Gasteiger partial charge in [0.1, 0.15) is 11.6 Å². The molecule has 1 heterocycles. The maximum Gasteiger partial charge on any atom is 0.252 e. The summed E-state index contributed by atoms with van der Waals surface area (Å²) < 4.78 is 0. The molecule has 0 saturated carbocycles. The Hall–Kier alpha value is -3.34. The first-order valence-electron chi connectivity index (χ1n) is 7.63. The fraction of sp³-hybridized carbons (Fsp3) is 0.0526. The standard InChI is InChI=1S/C19H18N4O/c20-18(24)16-11-12-17(21-13-14-7-3-1-4-8-14)23-19(16)22-15-9-5-2-6-10-15/h1-12H,13H2,(H2,20,24)(H2,21,22,23). The number of carbonyl (C=O) groups excluding carboxylic acids is 1. The number of nitrogens with zero attached hydrogens (tertiary/aromatic N) is 1. The molecule has 0 saturated heterocycles. The quantitative estimate of drug-likeness (QED) is 0.649. The van der Waals surface area contributed by atoms with Gasteiger partial charge in [0.2, 0.25) is 0 Å². The number of nitrogens with two attached hydrogens (primary N) is 1. The van der Waals surface area contributed by atoms with E-state index < -0.39 is 5.91 Å². The Morgan fingerprint density at radius 1 is 0.917 bits per heavy atom. The van der Waals surface area contributed by atoms with Gasteiger partial charge in [-0.05, 0) is 29.8 Å². The first-order valence-corrected chi connectivity index (χ1v) is 7.63. The van der Waals surface area contributed by atoms with Crippen LogP contribution in [0.25, 0.3) is 0 Å². The first kappa shape index (κ1) is 15.6. The van der Waals surface area contributed by atoms with E-state index in [0.717, 1.165) is 11.3 Å². The highest BCUT2D eigenvalue weighted by Crippen LogP contribution is 2.21. The molecule has 0 bridgehead atoms. The zero-order valence-corrected chi connectivity index (χ0v) is 13.1. The lowest BCUT2D eigenvalue weighted by atomic mass is 10.2. The number of benzene rings is 2. The number of carbonyl (C=O) groups is 1. The fourth-order valence-electron chi connectivity index (χ4n) is 2.30. The van der Waals surface area contributed by atoms with Crippen LogP contribution >= 0.6 is 0 Å². The van der Waals surface area contributed by atoms with E-state index in [0.29, 0.717) is 23.7 Å². The molecular formula is C19H18N4O. The highest BCUT2D eigenvalue weighted by molar-refractivity contribution is 5.98. The summed E-state index contributed by atoms with van der Waals surface area (Å²) in [7, 11) is 0. The van der Waals surface area contributed by atoms with Crippen molar-refractivity contribution in [2.24, 2.45) is 5.73 Å². The average molecular weight is 318 g/mol. The van der Waals surface area contributed by atoms with E-state index in [1.807, 2.05) is 60.7 Å². The van der Waals surface area contributed by atoms with Crippen molar-refractivity contribution in [2.45, 2.75) is 6.54 Å². The van der Waals surface area contributed by atoms with Gasteiger partial charge in [-0.3, -0.25) is 4.79 Å². The number of primary amides is 1. The molecule has 0 spiro atoms. The maximum atomic E-state index is 11.6. The van der Waals surface area contributed by atoms with Crippen LogP contribution in [-0.4, -0.2) is 10.9 Å². The monoisotopic (exact) mass is 318 g/mol. The summed E-state index contributed by atoms with van der Waals surface area (Å²) in [5, 5.41) is 6.39. The predicted octanol–water partition coefficient (Wildman–Crippen LogP) is 3.54. The molecule has 1 aromatic heterocycles. The molecule has 0 radical (unpaired) electrons. The zero-order valence-electron chi connectivity index (χ0n) is 13.1. The van der Waals surface area contributed by atoms with Gasteiger partial charge in [-0.1, -0.05) is 48.5 Å². The van der Waals surface area contributed by atoms with Crippen molar-refractivity contribution < 1.29 is 4.79 Å². The maximum absolute atomic E-state index is 11.6. The Kier molecular flexibility index (Phi) is 4.72. The van der Waals surface area contributed by atoms with E-state index in [1.165, 1.54) is 0 Å². The van der Waals surface area contributed by atoms with Crippen LogP contribution in [0.2, 0.25) is 0 Å². The summed E-state index contributed by atoms with van der Waals surface area (Å²) in [6.45, 7) is 0.647. The van der Waals surface area contributed by atoms with Crippen molar-refractivity contribution in [3.63, 3.8) is 0 Å². The third-order valence-corrected chi connectivity index (χ3v) is 3.51. The second-order valence-electron chi connectivity index (χ2n) is 5.29. The largest absolute Gasteiger partial charge is 0.366 e. The third-order valence-electron chi connectivity index (χ3n) is 3.51. The summed E-state index contributed by atoms with van der Waals surface area (Å²) in [6, 6.07) is 23.0. The van der Waals surface area contributed by atoms with Crippen LogP contribution in [0.5, 0.6) is 0 Å². The molecule has 1 amide bonds. The molecule has 0 aliphatic heterocycles. The van der Waals surface area contributed by atoms with Crippen LogP contribution in [0.15, 0.2) is 72.8 Å². The van der Waals surface area contributed by atoms with E-state index in [1.54, 1.807) is 12.1 Å². The Bertz CT molecular complexity index is 819. The minimum absolute atomic E-state index is 0.351. The van der Waals surface area contributed by atoms with Crippen LogP contribution in [0.3, 0.4) is 0 Å². The normalized spacial score (nSPS) is 10.2. The molecule has 5 nitrogen and oxygen atoms in total.